The van der Waals surface area contributed by atoms with E-state index in [-0.39, 0.29) is 30.1 Å². The van der Waals surface area contributed by atoms with Gasteiger partial charge < -0.3 is 20.3 Å². The van der Waals surface area contributed by atoms with Crippen molar-refractivity contribution in [1.29, 1.82) is 0 Å². The van der Waals surface area contributed by atoms with E-state index >= 15 is 0 Å². The molecule has 12 nitrogen and oxygen atoms in total. The van der Waals surface area contributed by atoms with Crippen LogP contribution in [0, 0.1) is 26.2 Å². The molecule has 306 valence electrons. The van der Waals surface area contributed by atoms with E-state index in [1.165, 1.54) is 7.11 Å². The lowest BCUT2D eigenvalue weighted by molar-refractivity contribution is -0.142. The number of aryl methyl sites for hydroxylation is 2. The fourth-order valence-electron chi connectivity index (χ4n) is 7.64. The molecule has 1 unspecified atom stereocenters. The van der Waals surface area contributed by atoms with Crippen LogP contribution in [0.15, 0.2) is 77.8 Å². The van der Waals surface area contributed by atoms with Crippen molar-refractivity contribution in [2.75, 3.05) is 13.7 Å². The Morgan fingerprint density at radius 3 is 2.20 bits per heavy atom. The molecule has 0 bridgehead atoms. The van der Waals surface area contributed by atoms with Gasteiger partial charge in [0.2, 0.25) is 11.8 Å². The van der Waals surface area contributed by atoms with Crippen molar-refractivity contribution >= 4 is 52.3 Å². The van der Waals surface area contributed by atoms with Crippen LogP contribution >= 0.6 is 22.9 Å². The maximum atomic E-state index is 14.1. The molecule has 0 saturated carbocycles. The second-order valence-corrected chi connectivity index (χ2v) is 17.8. The number of amides is 3. The number of methoxy groups -OCH3 is 1. The van der Waals surface area contributed by atoms with Crippen LogP contribution in [0.1, 0.15) is 95.2 Å². The molecule has 3 aromatic carbocycles. The molecule has 2 aromatic heterocycles. The number of hydrogen-bond acceptors (Lipinski definition) is 9. The van der Waals surface area contributed by atoms with Crippen molar-refractivity contribution in [1.82, 2.24) is 30.3 Å². The predicted molar refractivity (Wildman–Crippen MR) is 229 cm³/mol. The van der Waals surface area contributed by atoms with E-state index in [1.54, 1.807) is 40.5 Å². The highest BCUT2D eigenvalue weighted by Gasteiger charge is 2.42. The number of halogens is 1. The first-order valence-corrected chi connectivity index (χ1v) is 20.9. The number of likely N-dealkylation sites (tertiary alicyclic amines) is 1. The second-order valence-electron chi connectivity index (χ2n) is 16.1. The van der Waals surface area contributed by atoms with E-state index in [9.17, 15) is 19.2 Å². The number of aliphatic imine (C=N–C) groups is 1. The van der Waals surface area contributed by atoms with Crippen molar-refractivity contribution in [3.8, 4) is 16.1 Å². The maximum Gasteiger partial charge on any atom is 0.308 e. The first-order valence-electron chi connectivity index (χ1n) is 19.7. The fourth-order valence-corrected chi connectivity index (χ4v) is 8.98. The van der Waals surface area contributed by atoms with Crippen LogP contribution in [0.3, 0.4) is 0 Å². The number of rotatable bonds is 10. The molecule has 5 aromatic rings. The minimum absolute atomic E-state index is 0.0234. The van der Waals surface area contributed by atoms with E-state index in [4.69, 9.17) is 21.3 Å². The third-order valence-electron chi connectivity index (χ3n) is 11.1. The summed E-state index contributed by atoms with van der Waals surface area (Å²) in [6, 6.07) is 20.5. The third kappa shape index (κ3) is 8.58. The van der Waals surface area contributed by atoms with Crippen molar-refractivity contribution in [2.24, 2.45) is 10.4 Å². The Labute approximate surface area is 353 Å². The van der Waals surface area contributed by atoms with Gasteiger partial charge in [-0.3, -0.25) is 28.7 Å². The highest BCUT2D eigenvalue weighted by molar-refractivity contribution is 7.15. The van der Waals surface area contributed by atoms with Crippen molar-refractivity contribution in [2.45, 2.75) is 85.5 Å². The molecule has 2 N–H and O–H groups in total. The van der Waals surface area contributed by atoms with Crippen LogP contribution in [0.4, 0.5) is 0 Å². The van der Waals surface area contributed by atoms with Gasteiger partial charge in [-0.25, -0.2) is 0 Å². The van der Waals surface area contributed by atoms with Crippen LogP contribution in [0.2, 0.25) is 5.02 Å². The van der Waals surface area contributed by atoms with Crippen molar-refractivity contribution in [3.63, 3.8) is 0 Å². The molecule has 0 radical (unpaired) electrons. The van der Waals surface area contributed by atoms with Gasteiger partial charge in [0, 0.05) is 39.7 Å². The monoisotopic (exact) mass is 833 g/mol. The summed E-state index contributed by atoms with van der Waals surface area (Å²) in [5, 5.41) is 16.3. The van der Waals surface area contributed by atoms with Crippen LogP contribution < -0.4 is 10.6 Å². The zero-order valence-corrected chi connectivity index (χ0v) is 35.8. The summed E-state index contributed by atoms with van der Waals surface area (Å²) in [6.45, 7) is 12.5. The second kappa shape index (κ2) is 16.9. The fraction of sp³-hybridized carbons (Fsp3) is 0.356. The summed E-state index contributed by atoms with van der Waals surface area (Å²) in [4.78, 5) is 61.6. The third-order valence-corrected chi connectivity index (χ3v) is 12.5. The topological polar surface area (TPSA) is 148 Å². The molecule has 2 aliphatic rings. The van der Waals surface area contributed by atoms with Crippen molar-refractivity contribution < 1.29 is 23.9 Å². The van der Waals surface area contributed by atoms with E-state index in [0.29, 0.717) is 48.2 Å². The average molecular weight is 834 g/mol. The number of aromatic nitrogens is 3. The number of fused-ring (bicyclic) bond motifs is 3. The Kier molecular flexibility index (Phi) is 11.9. The molecule has 4 heterocycles. The van der Waals surface area contributed by atoms with Crippen LogP contribution in [-0.2, 0) is 25.7 Å². The SMILES string of the molecule is COC(=O)C[C@@H]1N=C(c2ccc(-c3ccc(C(=O)NC(C(=O)N4CCC[C@H]4C(=O)NCc4ccc(Cl)cc4)C(C)(C)C)cc3)cc2)c2c(sc(C)c2C)-n2c(C)nnc21. The molecule has 2 aliphatic heterocycles. The Balaban J connectivity index is 1.07. The van der Waals surface area contributed by atoms with Gasteiger partial charge in [-0.15, -0.1) is 21.5 Å². The van der Waals surface area contributed by atoms with Gasteiger partial charge in [0.05, 0.1) is 19.2 Å². The van der Waals surface area contributed by atoms with Crippen molar-refractivity contribution in [3.05, 3.63) is 122 Å². The smallest absolute Gasteiger partial charge is 0.308 e. The number of nitrogens with zero attached hydrogens (tertiary/aromatic N) is 5. The number of thiophene rings is 1. The number of nitrogens with one attached hydrogen (secondary N) is 2. The highest BCUT2D eigenvalue weighted by Crippen LogP contribution is 2.40. The Morgan fingerprint density at radius 2 is 1.56 bits per heavy atom. The van der Waals surface area contributed by atoms with E-state index < -0.39 is 23.5 Å². The molecular weight excluding hydrogens is 786 g/mol. The highest BCUT2D eigenvalue weighted by atomic mass is 35.5. The first kappa shape index (κ1) is 41.5. The molecule has 1 saturated heterocycles. The molecular formula is C45H48ClN7O5S. The lowest BCUT2D eigenvalue weighted by Gasteiger charge is -2.35. The quantitative estimate of drug-likeness (QED) is 0.139. The van der Waals surface area contributed by atoms with Gasteiger partial charge in [-0.1, -0.05) is 80.9 Å². The molecule has 3 amide bonds. The molecule has 59 heavy (non-hydrogen) atoms. The Bertz CT molecular complexity index is 2430. The zero-order valence-electron chi connectivity index (χ0n) is 34.3. The molecule has 3 atom stereocenters. The molecule has 0 spiro atoms. The summed E-state index contributed by atoms with van der Waals surface area (Å²) < 4.78 is 7.03. The molecule has 7 rings (SSSR count). The number of carbonyl (C=O) groups is 4. The minimum Gasteiger partial charge on any atom is -0.469 e. The Hall–Kier alpha value is -5.66. The average Bonchev–Trinajstić information content (AvgIpc) is 3.92. The van der Waals surface area contributed by atoms with Gasteiger partial charge in [0.1, 0.15) is 29.0 Å². The summed E-state index contributed by atoms with van der Waals surface area (Å²) in [6.07, 6.45) is 1.27. The summed E-state index contributed by atoms with van der Waals surface area (Å²) in [7, 11) is 1.37. The maximum absolute atomic E-state index is 14.1. The molecule has 1 fully saturated rings. The standard InChI is InChI=1S/C45H48ClN7O5S/c1-25-26(2)59-44-37(25)38(48-34(23-36(54)58-7)40-51-50-27(3)53(40)44)31-16-12-29(13-17-31)30-14-18-32(19-15-30)41(55)49-39(45(4,5)6)43(57)52-22-8-9-35(52)42(56)47-24-28-10-20-33(46)21-11-28/h10-21,34-35,39H,8-9,22-24H2,1-7H3,(H,47,56)(H,49,55)/t34-,35-,39?/m0/s1. The molecule has 0 aliphatic carbocycles. The summed E-state index contributed by atoms with van der Waals surface area (Å²) in [5.41, 5.74) is 6.26. The van der Waals surface area contributed by atoms with Crippen LogP contribution in [0.5, 0.6) is 0 Å². The van der Waals surface area contributed by atoms with E-state index in [1.807, 2.05) is 80.8 Å². The Morgan fingerprint density at radius 1 is 0.915 bits per heavy atom. The van der Waals surface area contributed by atoms with Gasteiger partial charge in [-0.2, -0.15) is 0 Å². The van der Waals surface area contributed by atoms with E-state index in [0.717, 1.165) is 49.0 Å². The van der Waals surface area contributed by atoms with Crippen LogP contribution in [0.25, 0.3) is 16.1 Å². The molecule has 14 heteroatoms. The summed E-state index contributed by atoms with van der Waals surface area (Å²) in [5.74, 6) is 0.0473. The zero-order chi connectivity index (χ0) is 42.2. The first-order chi connectivity index (χ1) is 28.1. The van der Waals surface area contributed by atoms with Crippen LogP contribution in [-0.4, -0.2) is 74.8 Å². The van der Waals surface area contributed by atoms with Gasteiger partial charge in [0.25, 0.3) is 5.91 Å². The number of hydrogen-bond donors (Lipinski definition) is 2. The van der Waals surface area contributed by atoms with E-state index in [2.05, 4.69) is 34.7 Å². The largest absolute Gasteiger partial charge is 0.469 e. The lowest BCUT2D eigenvalue weighted by Crippen LogP contribution is -2.57. The van der Waals surface area contributed by atoms with Gasteiger partial charge in [0.15, 0.2) is 5.82 Å². The normalized spacial score (nSPS) is 16.7. The number of ether oxygens (including phenoxy) is 1. The van der Waals surface area contributed by atoms with Gasteiger partial charge >= 0.3 is 5.97 Å². The number of benzene rings is 3. The number of carbonyl (C=O) groups excluding carboxylic acids is 4. The predicted octanol–water partition coefficient (Wildman–Crippen LogP) is 7.48. The number of esters is 1. The minimum atomic E-state index is -0.859. The van der Waals surface area contributed by atoms with Gasteiger partial charge in [-0.05, 0) is 85.5 Å². The summed E-state index contributed by atoms with van der Waals surface area (Å²) >= 11 is 7.65. The lowest BCUT2D eigenvalue weighted by atomic mass is 9.85.